The Bertz CT molecular complexity index is 738. The second-order valence-electron chi connectivity index (χ2n) is 3.63. The third kappa shape index (κ3) is 1.91. The van der Waals surface area contributed by atoms with E-state index in [1.807, 2.05) is 6.07 Å². The number of hydrogen-bond donors (Lipinski definition) is 2. The van der Waals surface area contributed by atoms with Gasteiger partial charge >= 0.3 is 0 Å². The summed E-state index contributed by atoms with van der Waals surface area (Å²) in [5.74, 6) is 0.709. The number of fused-ring (bicyclic) bond motifs is 1. The normalized spacial score (nSPS) is 10.4. The molecule has 6 heteroatoms. The molecule has 2 aromatic heterocycles. The predicted octanol–water partition coefficient (Wildman–Crippen LogP) is 1.46. The number of benzene rings is 1. The van der Waals surface area contributed by atoms with Crippen LogP contribution >= 0.6 is 0 Å². The number of rotatable bonds is 2. The number of aromatic nitrogens is 4. The summed E-state index contributed by atoms with van der Waals surface area (Å²) in [6.45, 7) is 0. The molecule has 3 aromatic rings. The van der Waals surface area contributed by atoms with E-state index in [0.717, 1.165) is 0 Å². The molecule has 0 saturated heterocycles. The number of H-pyrrole nitrogens is 1. The van der Waals surface area contributed by atoms with Crippen LogP contribution in [0.2, 0.25) is 0 Å². The highest BCUT2D eigenvalue weighted by Crippen LogP contribution is 2.10. The van der Waals surface area contributed by atoms with E-state index in [-0.39, 0.29) is 5.56 Å². The molecule has 0 aliphatic carbocycles. The molecule has 88 valence electrons. The molecule has 0 unspecified atom stereocenters. The van der Waals surface area contributed by atoms with Gasteiger partial charge in [0.05, 0.1) is 10.9 Å². The molecule has 18 heavy (non-hydrogen) atoms. The fourth-order valence-corrected chi connectivity index (χ4v) is 1.62. The first-order chi connectivity index (χ1) is 8.83. The zero-order valence-electron chi connectivity index (χ0n) is 9.29. The molecule has 2 N–H and O–H groups in total. The quantitative estimate of drug-likeness (QED) is 0.707. The fraction of sp³-hybridized carbons (Fsp3) is 0. The molecule has 2 heterocycles. The van der Waals surface area contributed by atoms with Gasteiger partial charge in [0.25, 0.3) is 5.56 Å². The van der Waals surface area contributed by atoms with E-state index < -0.39 is 0 Å². The van der Waals surface area contributed by atoms with Gasteiger partial charge in [-0.1, -0.05) is 12.1 Å². The van der Waals surface area contributed by atoms with Crippen molar-refractivity contribution in [2.75, 3.05) is 5.32 Å². The highest BCUT2D eigenvalue weighted by molar-refractivity contribution is 5.78. The maximum absolute atomic E-state index is 11.8. The topological polar surface area (TPSA) is 83.6 Å². The molecule has 6 nitrogen and oxygen atoms in total. The molecule has 3 rings (SSSR count). The molecule has 0 spiro atoms. The van der Waals surface area contributed by atoms with Crippen LogP contribution in [0.15, 0.2) is 47.5 Å². The minimum absolute atomic E-state index is 0.195. The average molecular weight is 239 g/mol. The molecule has 0 saturated carbocycles. The Balaban J connectivity index is 2.06. The summed E-state index contributed by atoms with van der Waals surface area (Å²) in [7, 11) is 0. The van der Waals surface area contributed by atoms with Crippen LogP contribution < -0.4 is 10.9 Å². The van der Waals surface area contributed by atoms with Gasteiger partial charge in [0.15, 0.2) is 0 Å². The summed E-state index contributed by atoms with van der Waals surface area (Å²) in [4.78, 5) is 26.7. The SMILES string of the molecule is O=c1[nH]c(Nc2ncccn2)nc2ccccc12. The Kier molecular flexibility index (Phi) is 2.45. The first-order valence-corrected chi connectivity index (χ1v) is 5.36. The zero-order chi connectivity index (χ0) is 12.4. The van der Waals surface area contributed by atoms with Crippen LogP contribution in [0, 0.1) is 0 Å². The standard InChI is InChI=1S/C12H9N5O/c18-10-8-4-1-2-5-9(8)15-12(16-10)17-11-13-6-3-7-14-11/h1-7H,(H2,13,14,15,16,17,18). The summed E-state index contributed by atoms with van der Waals surface area (Å²) in [6, 6.07) is 8.84. The number of nitrogens with one attached hydrogen (secondary N) is 2. The summed E-state index contributed by atoms with van der Waals surface area (Å²) < 4.78 is 0. The van der Waals surface area contributed by atoms with Crippen molar-refractivity contribution in [3.8, 4) is 0 Å². The summed E-state index contributed by atoms with van der Waals surface area (Å²) >= 11 is 0. The van der Waals surface area contributed by atoms with Crippen molar-refractivity contribution in [1.29, 1.82) is 0 Å². The van der Waals surface area contributed by atoms with E-state index in [1.54, 1.807) is 36.7 Å². The maximum Gasteiger partial charge on any atom is 0.260 e. The van der Waals surface area contributed by atoms with Crippen LogP contribution in [0.5, 0.6) is 0 Å². The van der Waals surface area contributed by atoms with Crippen molar-refractivity contribution < 1.29 is 0 Å². The van der Waals surface area contributed by atoms with E-state index in [0.29, 0.717) is 22.8 Å². The lowest BCUT2D eigenvalue weighted by molar-refractivity contribution is 1.11. The van der Waals surface area contributed by atoms with Gasteiger partial charge in [-0.3, -0.25) is 15.1 Å². The van der Waals surface area contributed by atoms with Crippen molar-refractivity contribution in [2.45, 2.75) is 0 Å². The predicted molar refractivity (Wildman–Crippen MR) is 67.7 cm³/mol. The van der Waals surface area contributed by atoms with Crippen LogP contribution in [0.3, 0.4) is 0 Å². The Hall–Kier alpha value is -2.76. The second-order valence-corrected chi connectivity index (χ2v) is 3.63. The second kappa shape index (κ2) is 4.25. The molecule has 0 fully saturated rings. The van der Waals surface area contributed by atoms with Gasteiger partial charge in [-0.15, -0.1) is 0 Å². The summed E-state index contributed by atoms with van der Waals surface area (Å²) in [5.41, 5.74) is 0.429. The largest absolute Gasteiger partial charge is 0.294 e. The molecule has 0 atom stereocenters. The third-order valence-corrected chi connectivity index (χ3v) is 2.41. The van der Waals surface area contributed by atoms with Crippen molar-refractivity contribution in [1.82, 2.24) is 19.9 Å². The van der Waals surface area contributed by atoms with Gasteiger partial charge in [0.1, 0.15) is 0 Å². The van der Waals surface area contributed by atoms with E-state index >= 15 is 0 Å². The molecule has 0 aliphatic heterocycles. The Morgan fingerprint density at radius 3 is 2.67 bits per heavy atom. The van der Waals surface area contributed by atoms with E-state index in [1.165, 1.54) is 0 Å². The Morgan fingerprint density at radius 2 is 1.83 bits per heavy atom. The van der Waals surface area contributed by atoms with Crippen LogP contribution in [-0.2, 0) is 0 Å². The average Bonchev–Trinajstić information content (AvgIpc) is 2.40. The van der Waals surface area contributed by atoms with Crippen LogP contribution in [0.1, 0.15) is 0 Å². The zero-order valence-corrected chi connectivity index (χ0v) is 9.29. The summed E-state index contributed by atoms with van der Waals surface area (Å²) in [6.07, 6.45) is 3.21. The van der Waals surface area contributed by atoms with Gasteiger partial charge in [-0.25, -0.2) is 15.0 Å². The van der Waals surface area contributed by atoms with Crippen molar-refractivity contribution in [3.63, 3.8) is 0 Å². The third-order valence-electron chi connectivity index (χ3n) is 2.41. The Labute approximate surface area is 102 Å². The first kappa shape index (κ1) is 10.4. The maximum atomic E-state index is 11.8. The number of hydrogen-bond acceptors (Lipinski definition) is 5. The number of aromatic amines is 1. The molecule has 0 aliphatic rings. The van der Waals surface area contributed by atoms with Gasteiger partial charge in [-0.05, 0) is 18.2 Å². The van der Waals surface area contributed by atoms with E-state index in [9.17, 15) is 4.79 Å². The van der Waals surface area contributed by atoms with Crippen molar-refractivity contribution >= 4 is 22.8 Å². The summed E-state index contributed by atoms with van der Waals surface area (Å²) in [5, 5.41) is 3.40. The lowest BCUT2D eigenvalue weighted by Crippen LogP contribution is -2.11. The fourth-order valence-electron chi connectivity index (χ4n) is 1.62. The molecule has 0 radical (unpaired) electrons. The minimum atomic E-state index is -0.195. The minimum Gasteiger partial charge on any atom is -0.294 e. The van der Waals surface area contributed by atoms with Crippen LogP contribution in [0.4, 0.5) is 11.9 Å². The van der Waals surface area contributed by atoms with Gasteiger partial charge < -0.3 is 0 Å². The highest BCUT2D eigenvalue weighted by Gasteiger charge is 2.03. The Morgan fingerprint density at radius 1 is 1.06 bits per heavy atom. The van der Waals surface area contributed by atoms with Crippen molar-refractivity contribution in [2.24, 2.45) is 0 Å². The molecule has 0 bridgehead atoms. The van der Waals surface area contributed by atoms with E-state index in [2.05, 4.69) is 25.3 Å². The van der Waals surface area contributed by atoms with Gasteiger partial charge in [0, 0.05) is 12.4 Å². The first-order valence-electron chi connectivity index (χ1n) is 5.36. The molecule has 1 aromatic carbocycles. The molecular formula is C12H9N5O. The monoisotopic (exact) mass is 239 g/mol. The highest BCUT2D eigenvalue weighted by atomic mass is 16.1. The number of para-hydroxylation sites is 1. The van der Waals surface area contributed by atoms with Gasteiger partial charge in [0.2, 0.25) is 11.9 Å². The van der Waals surface area contributed by atoms with Crippen molar-refractivity contribution in [3.05, 3.63) is 53.1 Å². The van der Waals surface area contributed by atoms with Gasteiger partial charge in [-0.2, -0.15) is 0 Å². The van der Waals surface area contributed by atoms with Crippen LogP contribution in [0.25, 0.3) is 10.9 Å². The number of nitrogens with zero attached hydrogens (tertiary/aromatic N) is 3. The van der Waals surface area contributed by atoms with E-state index in [4.69, 9.17) is 0 Å². The van der Waals surface area contributed by atoms with Crippen LogP contribution in [-0.4, -0.2) is 19.9 Å². The molecule has 0 amide bonds. The smallest absolute Gasteiger partial charge is 0.260 e. The lowest BCUT2D eigenvalue weighted by Gasteiger charge is -2.03. The molecular weight excluding hydrogens is 230 g/mol. The lowest BCUT2D eigenvalue weighted by atomic mass is 10.2. The number of anilines is 2.